The van der Waals surface area contributed by atoms with Crippen molar-refractivity contribution in [2.24, 2.45) is 0 Å². The van der Waals surface area contributed by atoms with Gasteiger partial charge >= 0.3 is 0 Å². The second-order valence-electron chi connectivity index (χ2n) is 6.65. The van der Waals surface area contributed by atoms with Crippen molar-refractivity contribution in [3.8, 4) is 0 Å². The van der Waals surface area contributed by atoms with Gasteiger partial charge in [0, 0.05) is 19.3 Å². The quantitative estimate of drug-likeness (QED) is 0.868. The van der Waals surface area contributed by atoms with Crippen molar-refractivity contribution in [2.75, 3.05) is 13.1 Å². The van der Waals surface area contributed by atoms with E-state index in [1.807, 2.05) is 0 Å². The maximum Gasteiger partial charge on any atom is 0.219 e. The molecule has 1 aliphatic carbocycles. The summed E-state index contributed by atoms with van der Waals surface area (Å²) >= 11 is 0. The number of alkyl halides is 1. The fourth-order valence-electron chi connectivity index (χ4n) is 3.61. The summed E-state index contributed by atoms with van der Waals surface area (Å²) in [5.41, 5.74) is -1.19. The minimum atomic E-state index is -3.73. The predicted molar refractivity (Wildman–Crippen MR) is 81.9 cm³/mol. The maximum atomic E-state index is 14.1. The number of sulfonamides is 1. The largest absolute Gasteiger partial charge is 0.387 e. The molecule has 23 heavy (non-hydrogen) atoms. The van der Waals surface area contributed by atoms with Crippen molar-refractivity contribution < 1.29 is 17.9 Å². The third kappa shape index (κ3) is 3.56. The Morgan fingerprint density at radius 1 is 1.30 bits per heavy atom. The average molecular weight is 346 g/mol. The first-order chi connectivity index (χ1) is 10.9. The number of halogens is 1. The molecule has 130 valence electrons. The number of β-amino-alcohol motifs (C(OH)–C–C–N with tert-alkyl or cyclic N) is 1. The summed E-state index contributed by atoms with van der Waals surface area (Å²) in [6.45, 7) is 0.506. The highest BCUT2D eigenvalue weighted by molar-refractivity contribution is 7.89. The van der Waals surface area contributed by atoms with Gasteiger partial charge in [0.1, 0.15) is 11.4 Å². The Morgan fingerprint density at radius 2 is 2.09 bits per heavy atom. The number of hydrogen-bond donors (Lipinski definition) is 1. The third-order valence-electron chi connectivity index (χ3n) is 4.81. The van der Waals surface area contributed by atoms with E-state index in [-0.39, 0.29) is 13.1 Å². The van der Waals surface area contributed by atoms with Gasteiger partial charge in [0.15, 0.2) is 0 Å². The predicted octanol–water partition coefficient (Wildman–Crippen LogP) is 0.715. The fourth-order valence-corrected chi connectivity index (χ4v) is 5.77. The van der Waals surface area contributed by atoms with Crippen LogP contribution < -0.4 is 0 Å². The molecule has 1 N–H and O–H groups in total. The lowest BCUT2D eigenvalue weighted by Crippen LogP contribution is -2.55. The highest BCUT2D eigenvalue weighted by atomic mass is 32.2. The number of nitrogens with zero attached hydrogens (tertiary/aromatic N) is 4. The normalized spacial score (nSPS) is 33.7. The molecule has 9 heteroatoms. The zero-order valence-corrected chi connectivity index (χ0v) is 13.8. The third-order valence-corrected chi connectivity index (χ3v) is 7.14. The Kier molecular flexibility index (Phi) is 4.70. The lowest BCUT2D eigenvalue weighted by atomic mass is 9.94. The standard InChI is InChI=1S/C14H23FN4O3S/c15-12-4-1-2-5-13(12)23(21,22)19-8-3-6-14(20,11-19)10-18-9-7-16-17-18/h7,9,12-13,20H,1-6,8,10-11H2. The van der Waals surface area contributed by atoms with Gasteiger partial charge in [-0.2, -0.15) is 4.31 Å². The van der Waals surface area contributed by atoms with Gasteiger partial charge in [-0.25, -0.2) is 17.5 Å². The van der Waals surface area contributed by atoms with Crippen molar-refractivity contribution in [3.05, 3.63) is 12.4 Å². The van der Waals surface area contributed by atoms with Gasteiger partial charge < -0.3 is 5.11 Å². The van der Waals surface area contributed by atoms with Crippen molar-refractivity contribution in [3.63, 3.8) is 0 Å². The van der Waals surface area contributed by atoms with Crippen LogP contribution in [0.15, 0.2) is 12.4 Å². The molecule has 0 amide bonds. The second kappa shape index (κ2) is 6.45. The smallest absolute Gasteiger partial charge is 0.219 e. The molecule has 2 heterocycles. The highest BCUT2D eigenvalue weighted by Crippen LogP contribution is 2.32. The Bertz CT molecular complexity index is 624. The van der Waals surface area contributed by atoms with Crippen LogP contribution >= 0.6 is 0 Å². The van der Waals surface area contributed by atoms with Crippen LogP contribution in [0.1, 0.15) is 38.5 Å². The molecule has 0 spiro atoms. The fraction of sp³-hybridized carbons (Fsp3) is 0.857. The molecule has 1 saturated heterocycles. The van der Waals surface area contributed by atoms with Crippen molar-refractivity contribution in [1.82, 2.24) is 19.3 Å². The molecule has 7 nitrogen and oxygen atoms in total. The van der Waals surface area contributed by atoms with Gasteiger partial charge in [-0.05, 0) is 25.7 Å². The molecule has 2 aliphatic rings. The summed E-state index contributed by atoms with van der Waals surface area (Å²) in [4.78, 5) is 0. The van der Waals surface area contributed by atoms with E-state index in [2.05, 4.69) is 10.3 Å². The van der Waals surface area contributed by atoms with Gasteiger partial charge in [0.05, 0.1) is 18.3 Å². The minimum absolute atomic E-state index is 0.0155. The van der Waals surface area contributed by atoms with E-state index in [9.17, 15) is 17.9 Å². The number of aromatic nitrogens is 3. The van der Waals surface area contributed by atoms with E-state index in [0.29, 0.717) is 32.2 Å². The Balaban J connectivity index is 1.74. The van der Waals surface area contributed by atoms with E-state index >= 15 is 0 Å². The van der Waals surface area contributed by atoms with Crippen LogP contribution in [0.3, 0.4) is 0 Å². The molecule has 2 fully saturated rings. The summed E-state index contributed by atoms with van der Waals surface area (Å²) in [5.74, 6) is 0. The first-order valence-electron chi connectivity index (χ1n) is 8.10. The van der Waals surface area contributed by atoms with Crippen molar-refractivity contribution >= 4 is 10.0 Å². The zero-order chi connectivity index (χ0) is 16.5. The molecule has 0 bridgehead atoms. The lowest BCUT2D eigenvalue weighted by Gasteiger charge is -2.40. The van der Waals surface area contributed by atoms with Crippen LogP contribution in [0.5, 0.6) is 0 Å². The van der Waals surface area contributed by atoms with Gasteiger partial charge in [-0.15, -0.1) is 5.10 Å². The molecule has 1 aliphatic heterocycles. The van der Waals surface area contributed by atoms with Gasteiger partial charge in [-0.3, -0.25) is 0 Å². The molecule has 1 aromatic heterocycles. The summed E-state index contributed by atoms with van der Waals surface area (Å²) in [6.07, 6.45) is 5.02. The van der Waals surface area contributed by atoms with Crippen LogP contribution in [0, 0.1) is 0 Å². The van der Waals surface area contributed by atoms with Crippen molar-refractivity contribution in [1.29, 1.82) is 0 Å². The number of piperidine rings is 1. The summed E-state index contributed by atoms with van der Waals surface area (Å²) in [7, 11) is -3.73. The molecule has 3 rings (SSSR count). The molecule has 3 atom stereocenters. The molecule has 0 radical (unpaired) electrons. The van der Waals surface area contributed by atoms with Crippen LogP contribution in [0.4, 0.5) is 4.39 Å². The Morgan fingerprint density at radius 3 is 2.78 bits per heavy atom. The SMILES string of the molecule is O=S(=O)(C1CCCCC1F)N1CCCC(O)(Cn2ccnn2)C1. The Hall–Kier alpha value is -1.06. The minimum Gasteiger partial charge on any atom is -0.387 e. The van der Waals surface area contributed by atoms with Crippen LogP contribution in [-0.4, -0.2) is 62.9 Å². The summed E-state index contributed by atoms with van der Waals surface area (Å²) in [5, 5.41) is 17.3. The Labute approximate surface area is 135 Å². The maximum absolute atomic E-state index is 14.1. The second-order valence-corrected chi connectivity index (χ2v) is 8.80. The molecular formula is C14H23FN4O3S. The van der Waals surface area contributed by atoms with Crippen LogP contribution in [-0.2, 0) is 16.6 Å². The molecule has 1 saturated carbocycles. The van der Waals surface area contributed by atoms with Gasteiger partial charge in [0.25, 0.3) is 0 Å². The van der Waals surface area contributed by atoms with Gasteiger partial charge in [-0.1, -0.05) is 18.1 Å². The molecule has 1 aromatic rings. The summed E-state index contributed by atoms with van der Waals surface area (Å²) in [6, 6.07) is 0. The number of hydrogen-bond acceptors (Lipinski definition) is 5. The van der Waals surface area contributed by atoms with E-state index in [0.717, 1.165) is 12.8 Å². The lowest BCUT2D eigenvalue weighted by molar-refractivity contribution is -0.0252. The molecule has 3 unspecified atom stereocenters. The first kappa shape index (κ1) is 16.8. The first-order valence-corrected chi connectivity index (χ1v) is 9.61. The topological polar surface area (TPSA) is 88.3 Å². The zero-order valence-electron chi connectivity index (χ0n) is 13.0. The number of aliphatic hydroxyl groups is 1. The van der Waals surface area contributed by atoms with E-state index in [4.69, 9.17) is 0 Å². The molecular weight excluding hydrogens is 323 g/mol. The van der Waals surface area contributed by atoms with Crippen LogP contribution in [0.25, 0.3) is 0 Å². The monoisotopic (exact) mass is 346 g/mol. The van der Waals surface area contributed by atoms with E-state index < -0.39 is 27.0 Å². The summed E-state index contributed by atoms with van der Waals surface area (Å²) < 4.78 is 42.4. The van der Waals surface area contributed by atoms with Crippen LogP contribution in [0.2, 0.25) is 0 Å². The number of rotatable bonds is 4. The van der Waals surface area contributed by atoms with Gasteiger partial charge in [0.2, 0.25) is 10.0 Å². The average Bonchev–Trinajstić information content (AvgIpc) is 2.99. The van der Waals surface area contributed by atoms with E-state index in [1.165, 1.54) is 15.2 Å². The van der Waals surface area contributed by atoms with Crippen molar-refractivity contribution in [2.45, 2.75) is 62.1 Å². The van der Waals surface area contributed by atoms with E-state index in [1.54, 1.807) is 6.20 Å². The highest BCUT2D eigenvalue weighted by Gasteiger charge is 2.44. The molecule has 0 aromatic carbocycles.